The number of carbonyl (C=O) groups excluding carboxylic acids is 3. The molecule has 0 bridgehead atoms. The highest BCUT2D eigenvalue weighted by Gasteiger charge is 2.22. The number of hydrogen-bond donors (Lipinski definition) is 3. The molecule has 1 heterocycles. The third-order valence-corrected chi connectivity index (χ3v) is 6.14. The molecule has 0 saturated heterocycles. The van der Waals surface area contributed by atoms with Crippen molar-refractivity contribution in [2.45, 2.75) is 13.8 Å². The van der Waals surface area contributed by atoms with E-state index in [1.807, 2.05) is 19.9 Å². The quantitative estimate of drug-likeness (QED) is 0.276. The second-order valence-corrected chi connectivity index (χ2v) is 9.12. The summed E-state index contributed by atoms with van der Waals surface area (Å²) in [5.74, 6) is -2.43. The summed E-state index contributed by atoms with van der Waals surface area (Å²) in [6, 6.07) is 16.4. The zero-order chi connectivity index (χ0) is 25.3. The summed E-state index contributed by atoms with van der Waals surface area (Å²) in [5, 5.41) is 6.94. The van der Waals surface area contributed by atoms with Crippen LogP contribution < -0.4 is 16.1 Å². The maximum Gasteiger partial charge on any atom is 0.328 e. The Labute approximate surface area is 215 Å². The number of hydrogen-bond acceptors (Lipinski definition) is 3. The minimum absolute atomic E-state index is 0.0561. The van der Waals surface area contributed by atoms with Gasteiger partial charge in [0, 0.05) is 21.1 Å². The van der Waals surface area contributed by atoms with Gasteiger partial charge in [-0.3, -0.25) is 19.8 Å². The van der Waals surface area contributed by atoms with Gasteiger partial charge in [0.25, 0.3) is 5.91 Å². The molecule has 10 heteroatoms. The van der Waals surface area contributed by atoms with Gasteiger partial charge >= 0.3 is 11.8 Å². The summed E-state index contributed by atoms with van der Waals surface area (Å²) < 4.78 is 1.23. The van der Waals surface area contributed by atoms with Crippen molar-refractivity contribution in [1.82, 2.24) is 4.68 Å². The molecule has 0 saturated carbocycles. The second-order valence-electron chi connectivity index (χ2n) is 7.84. The van der Waals surface area contributed by atoms with Crippen LogP contribution in [0.3, 0.4) is 0 Å². The highest BCUT2D eigenvalue weighted by Crippen LogP contribution is 2.27. The zero-order valence-corrected chi connectivity index (χ0v) is 20.8. The normalized spacial score (nSPS) is 10.8. The van der Waals surface area contributed by atoms with E-state index in [0.717, 1.165) is 11.1 Å². The summed E-state index contributed by atoms with van der Waals surface area (Å²) in [5.41, 5.74) is 5.85. The fourth-order valence-electron chi connectivity index (χ4n) is 3.41. The van der Waals surface area contributed by atoms with Crippen LogP contribution in [0.15, 0.2) is 60.7 Å². The minimum atomic E-state index is -0.964. The van der Waals surface area contributed by atoms with Crippen LogP contribution in [0.1, 0.15) is 21.6 Å². The summed E-state index contributed by atoms with van der Waals surface area (Å²) in [6.45, 7) is 3.85. The average molecular weight is 530 g/mol. The van der Waals surface area contributed by atoms with Crippen molar-refractivity contribution in [3.05, 3.63) is 92.6 Å². The molecule has 0 aliphatic heterocycles. The first-order chi connectivity index (χ1) is 16.6. The number of carbonyl (C=O) groups is 3. The lowest BCUT2D eigenvalue weighted by molar-refractivity contribution is -0.133. The lowest BCUT2D eigenvalue weighted by Gasteiger charge is -2.13. The Kier molecular flexibility index (Phi) is 7.03. The van der Waals surface area contributed by atoms with Crippen LogP contribution in [-0.4, -0.2) is 22.4 Å². The molecule has 3 N–H and O–H groups in total. The first kappa shape index (κ1) is 24.6. The minimum Gasteiger partial charge on any atom is -0.319 e. The third kappa shape index (κ3) is 5.43. The fourth-order valence-corrected chi connectivity index (χ4v) is 4.05. The maximum atomic E-state index is 13.1. The molecule has 0 radical (unpaired) electrons. The van der Waals surface area contributed by atoms with Gasteiger partial charge in [-0.25, -0.2) is 4.68 Å². The molecular formula is C25H19Cl3N4O3. The number of fused-ring (bicyclic) bond motifs is 1. The monoisotopic (exact) mass is 528 g/mol. The van der Waals surface area contributed by atoms with Gasteiger partial charge in [-0.1, -0.05) is 40.9 Å². The molecule has 1 aromatic heterocycles. The fraction of sp³-hybridized carbons (Fsp3) is 0.0800. The molecule has 178 valence electrons. The van der Waals surface area contributed by atoms with Gasteiger partial charge < -0.3 is 10.6 Å². The van der Waals surface area contributed by atoms with Crippen molar-refractivity contribution in [3.63, 3.8) is 0 Å². The topological polar surface area (TPSA) is 92.2 Å². The van der Waals surface area contributed by atoms with Crippen LogP contribution in [0.25, 0.3) is 10.9 Å². The molecule has 4 rings (SSSR count). The van der Waals surface area contributed by atoms with Crippen LogP contribution in [0.5, 0.6) is 0 Å². The smallest absolute Gasteiger partial charge is 0.319 e. The molecule has 0 aliphatic rings. The van der Waals surface area contributed by atoms with E-state index in [1.165, 1.54) is 10.7 Å². The molecule has 0 aliphatic carbocycles. The van der Waals surface area contributed by atoms with Gasteiger partial charge in [-0.15, -0.1) is 0 Å². The van der Waals surface area contributed by atoms with Crippen molar-refractivity contribution in [2.24, 2.45) is 0 Å². The number of halogens is 3. The maximum absolute atomic E-state index is 13.1. The van der Waals surface area contributed by atoms with Crippen molar-refractivity contribution < 1.29 is 14.4 Å². The van der Waals surface area contributed by atoms with Crippen molar-refractivity contribution in [3.8, 4) is 0 Å². The van der Waals surface area contributed by atoms with Gasteiger partial charge in [-0.05, 0) is 79.6 Å². The molecule has 3 aromatic carbocycles. The van der Waals surface area contributed by atoms with Crippen molar-refractivity contribution in [2.75, 3.05) is 16.1 Å². The number of nitrogens with zero attached hydrogens (tertiary/aromatic N) is 1. The average Bonchev–Trinajstić information content (AvgIpc) is 3.15. The van der Waals surface area contributed by atoms with Gasteiger partial charge in [-0.2, -0.15) is 0 Å². The van der Waals surface area contributed by atoms with Crippen LogP contribution in [0.2, 0.25) is 15.1 Å². The summed E-state index contributed by atoms with van der Waals surface area (Å²) in [6.07, 6.45) is 0. The Morgan fingerprint density at radius 2 is 1.46 bits per heavy atom. The van der Waals surface area contributed by atoms with E-state index in [4.69, 9.17) is 34.8 Å². The van der Waals surface area contributed by atoms with Gasteiger partial charge in [0.05, 0.1) is 16.2 Å². The molecule has 0 unspecified atom stereocenters. The number of amides is 3. The summed E-state index contributed by atoms with van der Waals surface area (Å²) in [4.78, 5) is 38.5. The predicted octanol–water partition coefficient (Wildman–Crippen LogP) is 6.18. The molecule has 0 atom stereocenters. The molecule has 4 aromatic rings. The van der Waals surface area contributed by atoms with E-state index in [9.17, 15) is 14.4 Å². The number of benzene rings is 3. The highest BCUT2D eigenvalue weighted by molar-refractivity contribution is 6.42. The molecule has 3 amide bonds. The molecular weight excluding hydrogens is 511 g/mol. The van der Waals surface area contributed by atoms with E-state index in [0.29, 0.717) is 32.3 Å². The Bertz CT molecular complexity index is 1500. The first-order valence-corrected chi connectivity index (χ1v) is 11.5. The number of anilines is 2. The van der Waals surface area contributed by atoms with E-state index >= 15 is 0 Å². The van der Waals surface area contributed by atoms with Crippen LogP contribution in [-0.2, 0) is 9.59 Å². The molecule has 0 spiro atoms. The SMILES string of the molecule is Cc1ccc(NC(=O)C(=O)Nn2c(C(=O)Nc3ccc(Cl)cc3Cl)cc3cc(Cl)ccc32)cc1C. The number of aryl methyl sites for hydroxylation is 2. The Morgan fingerprint density at radius 3 is 2.17 bits per heavy atom. The van der Waals surface area contributed by atoms with Crippen molar-refractivity contribution in [1.29, 1.82) is 0 Å². The highest BCUT2D eigenvalue weighted by atomic mass is 35.5. The van der Waals surface area contributed by atoms with E-state index in [2.05, 4.69) is 16.1 Å². The number of aromatic nitrogens is 1. The van der Waals surface area contributed by atoms with Crippen LogP contribution in [0.4, 0.5) is 11.4 Å². The first-order valence-electron chi connectivity index (χ1n) is 10.4. The molecule has 35 heavy (non-hydrogen) atoms. The summed E-state index contributed by atoms with van der Waals surface area (Å²) in [7, 11) is 0. The van der Waals surface area contributed by atoms with E-state index < -0.39 is 17.7 Å². The van der Waals surface area contributed by atoms with E-state index in [-0.39, 0.29) is 10.7 Å². The van der Waals surface area contributed by atoms with Gasteiger partial charge in [0.15, 0.2) is 0 Å². The van der Waals surface area contributed by atoms with Crippen molar-refractivity contribution >= 4 is 74.8 Å². The predicted molar refractivity (Wildman–Crippen MR) is 140 cm³/mol. The van der Waals surface area contributed by atoms with E-state index in [1.54, 1.807) is 48.5 Å². The number of rotatable bonds is 4. The Balaban J connectivity index is 1.63. The lowest BCUT2D eigenvalue weighted by Crippen LogP contribution is -2.36. The Morgan fingerprint density at radius 1 is 0.743 bits per heavy atom. The Hall–Kier alpha value is -3.52. The van der Waals surface area contributed by atoms with Crippen LogP contribution >= 0.6 is 34.8 Å². The lowest BCUT2D eigenvalue weighted by atomic mass is 10.1. The summed E-state index contributed by atoms with van der Waals surface area (Å²) >= 11 is 18.2. The van der Waals surface area contributed by atoms with Gasteiger partial charge in [0.2, 0.25) is 0 Å². The largest absolute Gasteiger partial charge is 0.328 e. The molecule has 7 nitrogen and oxygen atoms in total. The number of nitrogens with one attached hydrogen (secondary N) is 3. The standard InChI is InChI=1S/C25H19Cl3N4O3/c1-13-3-6-18(9-14(13)2)29-24(34)25(35)31-32-21-8-5-16(26)10-15(21)11-22(32)23(33)30-20-7-4-17(27)12-19(20)28/h3-12H,1-2H3,(H,29,34)(H,30,33)(H,31,35). The third-order valence-electron chi connectivity index (χ3n) is 5.36. The molecule has 0 fully saturated rings. The van der Waals surface area contributed by atoms with Crippen LogP contribution in [0, 0.1) is 13.8 Å². The zero-order valence-electron chi connectivity index (χ0n) is 18.6. The van der Waals surface area contributed by atoms with Gasteiger partial charge in [0.1, 0.15) is 5.69 Å². The second kappa shape index (κ2) is 10.00.